The number of ether oxygens (including phenoxy) is 1. The van der Waals surface area contributed by atoms with Crippen LogP contribution in [0.2, 0.25) is 0 Å². The summed E-state index contributed by atoms with van der Waals surface area (Å²) in [5.74, 6) is -0.580. The average Bonchev–Trinajstić information content (AvgIpc) is 3.03. The van der Waals surface area contributed by atoms with Gasteiger partial charge in [-0.1, -0.05) is 88.7 Å². The molecule has 0 unspecified atom stereocenters. The van der Waals surface area contributed by atoms with E-state index in [9.17, 15) is 18.0 Å². The minimum atomic E-state index is -4.21. The van der Waals surface area contributed by atoms with E-state index in [1.807, 2.05) is 54.6 Å². The Hall–Kier alpha value is -4.15. The Morgan fingerprint density at radius 2 is 1.44 bits per heavy atom. The maximum absolute atomic E-state index is 14.4. The molecule has 43 heavy (non-hydrogen) atoms. The normalized spacial score (nSPS) is 11.8. The quantitative estimate of drug-likeness (QED) is 0.206. The number of likely N-dealkylation sites (N-methyl/N-ethyl adjacent to an activating group) is 1. The first-order chi connectivity index (χ1) is 20.7. The summed E-state index contributed by atoms with van der Waals surface area (Å²) in [6.07, 6.45) is 0.240. The van der Waals surface area contributed by atoms with Crippen LogP contribution in [0.25, 0.3) is 0 Å². The third-order valence-corrected chi connectivity index (χ3v) is 9.13. The number of para-hydroxylation sites is 2. The summed E-state index contributed by atoms with van der Waals surface area (Å²) in [7, 11) is -2.69. The molecule has 4 rings (SSSR count). The van der Waals surface area contributed by atoms with Gasteiger partial charge in [0.25, 0.3) is 10.0 Å². The molecule has 0 saturated heterocycles. The fraction of sp³-hybridized carbons (Fsp3) is 0.212. The molecule has 10 heteroatoms. The molecule has 0 aliphatic heterocycles. The lowest BCUT2D eigenvalue weighted by atomic mass is 10.0. The molecule has 2 amide bonds. The second-order valence-electron chi connectivity index (χ2n) is 9.69. The monoisotopic (exact) mass is 663 g/mol. The summed E-state index contributed by atoms with van der Waals surface area (Å²) in [5.41, 5.74) is 1.87. The van der Waals surface area contributed by atoms with Crippen molar-refractivity contribution in [3.63, 3.8) is 0 Å². The lowest BCUT2D eigenvalue weighted by molar-refractivity contribution is -0.139. The first-order valence-corrected chi connectivity index (χ1v) is 16.1. The van der Waals surface area contributed by atoms with E-state index in [1.165, 1.54) is 24.1 Å². The third-order valence-electron chi connectivity index (χ3n) is 6.83. The number of hydrogen-bond acceptors (Lipinski definition) is 5. The average molecular weight is 665 g/mol. The highest BCUT2D eigenvalue weighted by Crippen LogP contribution is 2.33. The predicted octanol–water partition coefficient (Wildman–Crippen LogP) is 5.43. The Balaban J connectivity index is 1.81. The summed E-state index contributed by atoms with van der Waals surface area (Å²) >= 11 is 3.44. The van der Waals surface area contributed by atoms with E-state index in [0.29, 0.717) is 12.4 Å². The van der Waals surface area contributed by atoms with E-state index < -0.39 is 28.5 Å². The molecule has 8 nitrogen and oxygen atoms in total. The van der Waals surface area contributed by atoms with Crippen molar-refractivity contribution in [1.29, 1.82) is 0 Å². The van der Waals surface area contributed by atoms with Gasteiger partial charge < -0.3 is 15.0 Å². The SMILES string of the molecule is CCOc1ccccc1N(CC(=O)N(Cc1ccc(Br)cc1)[C@@H](Cc1ccccc1)C(=O)NC)S(=O)(=O)c1ccccc1. The van der Waals surface area contributed by atoms with Crippen molar-refractivity contribution in [2.45, 2.75) is 30.8 Å². The molecule has 224 valence electrons. The summed E-state index contributed by atoms with van der Waals surface area (Å²) in [4.78, 5) is 29.2. The molecule has 1 atom stereocenters. The van der Waals surface area contributed by atoms with Crippen LogP contribution in [0, 0.1) is 0 Å². The van der Waals surface area contributed by atoms with E-state index in [-0.39, 0.29) is 29.5 Å². The van der Waals surface area contributed by atoms with Crippen LogP contribution in [-0.4, -0.2) is 51.4 Å². The van der Waals surface area contributed by atoms with Gasteiger partial charge in [-0.25, -0.2) is 8.42 Å². The van der Waals surface area contributed by atoms with E-state index in [0.717, 1.165) is 19.9 Å². The van der Waals surface area contributed by atoms with E-state index in [2.05, 4.69) is 21.2 Å². The minimum Gasteiger partial charge on any atom is -0.492 e. The molecule has 1 N–H and O–H groups in total. The number of halogens is 1. The fourth-order valence-corrected chi connectivity index (χ4v) is 6.39. The fourth-order valence-electron chi connectivity index (χ4n) is 4.68. The van der Waals surface area contributed by atoms with Gasteiger partial charge in [0, 0.05) is 24.5 Å². The molecular weight excluding hydrogens is 630 g/mol. The Labute approximate surface area is 261 Å². The number of amides is 2. The van der Waals surface area contributed by atoms with Crippen molar-refractivity contribution in [2.24, 2.45) is 0 Å². The van der Waals surface area contributed by atoms with Crippen molar-refractivity contribution in [1.82, 2.24) is 10.2 Å². The van der Waals surface area contributed by atoms with E-state index >= 15 is 0 Å². The van der Waals surface area contributed by atoms with Gasteiger partial charge in [0.1, 0.15) is 18.3 Å². The molecule has 0 heterocycles. The van der Waals surface area contributed by atoms with Crippen LogP contribution >= 0.6 is 15.9 Å². The lowest BCUT2D eigenvalue weighted by Crippen LogP contribution is -2.53. The smallest absolute Gasteiger partial charge is 0.264 e. The highest BCUT2D eigenvalue weighted by atomic mass is 79.9. The molecule has 0 saturated carbocycles. The van der Waals surface area contributed by atoms with Gasteiger partial charge in [0.2, 0.25) is 11.8 Å². The van der Waals surface area contributed by atoms with Crippen molar-refractivity contribution in [3.05, 3.63) is 125 Å². The van der Waals surface area contributed by atoms with Gasteiger partial charge in [-0.15, -0.1) is 0 Å². The molecule has 0 radical (unpaired) electrons. The van der Waals surface area contributed by atoms with Gasteiger partial charge in [-0.3, -0.25) is 13.9 Å². The standard InChI is InChI=1S/C33H34BrN3O5S/c1-3-42-31-17-11-10-16-29(31)37(43(40,41)28-14-8-5-9-15-28)24-32(38)36(23-26-18-20-27(34)21-19-26)30(33(39)35-2)22-25-12-6-4-7-13-25/h4-21,30H,3,22-24H2,1-2H3,(H,35,39)/t30-/m0/s1. The van der Waals surface area contributed by atoms with Crippen LogP contribution in [0.4, 0.5) is 5.69 Å². The Bertz CT molecular complexity index is 1620. The second kappa shape index (κ2) is 14.8. The number of benzene rings is 4. The van der Waals surface area contributed by atoms with E-state index in [1.54, 1.807) is 49.4 Å². The number of carbonyl (C=O) groups excluding carboxylic acids is 2. The van der Waals surface area contributed by atoms with Crippen molar-refractivity contribution < 1.29 is 22.7 Å². The summed E-state index contributed by atoms with van der Waals surface area (Å²) in [6, 6.07) is 30.6. The zero-order valence-corrected chi connectivity index (χ0v) is 26.4. The molecule has 4 aromatic rings. The number of rotatable bonds is 13. The molecule has 4 aromatic carbocycles. The molecule has 0 aromatic heterocycles. The van der Waals surface area contributed by atoms with Crippen molar-refractivity contribution in [2.75, 3.05) is 24.5 Å². The maximum Gasteiger partial charge on any atom is 0.264 e. The zero-order chi connectivity index (χ0) is 30.8. The zero-order valence-electron chi connectivity index (χ0n) is 24.0. The Morgan fingerprint density at radius 3 is 2.07 bits per heavy atom. The molecule has 0 bridgehead atoms. The Kier molecular flexibility index (Phi) is 11.0. The molecule has 0 aliphatic carbocycles. The van der Waals surface area contributed by atoms with Gasteiger partial charge in [0.15, 0.2) is 0 Å². The van der Waals surface area contributed by atoms with Crippen LogP contribution in [0.15, 0.2) is 119 Å². The third kappa shape index (κ3) is 8.03. The first kappa shape index (κ1) is 31.8. The molecular formula is C33H34BrN3O5S. The number of sulfonamides is 1. The number of anilines is 1. The maximum atomic E-state index is 14.4. The number of nitrogens with zero attached hydrogens (tertiary/aromatic N) is 2. The number of hydrogen-bond donors (Lipinski definition) is 1. The van der Waals surface area contributed by atoms with Crippen molar-refractivity contribution >= 4 is 43.5 Å². The Morgan fingerprint density at radius 1 is 0.837 bits per heavy atom. The van der Waals surface area contributed by atoms with Crippen LogP contribution in [0.3, 0.4) is 0 Å². The molecule has 0 aliphatic rings. The van der Waals surface area contributed by atoms with Gasteiger partial charge in [-0.2, -0.15) is 0 Å². The predicted molar refractivity (Wildman–Crippen MR) is 171 cm³/mol. The summed E-state index contributed by atoms with van der Waals surface area (Å²) < 4.78 is 35.9. The van der Waals surface area contributed by atoms with E-state index in [4.69, 9.17) is 4.74 Å². The van der Waals surface area contributed by atoms with Crippen LogP contribution < -0.4 is 14.4 Å². The number of nitrogens with one attached hydrogen (secondary N) is 1. The van der Waals surface area contributed by atoms with Crippen LogP contribution in [0.5, 0.6) is 5.75 Å². The first-order valence-electron chi connectivity index (χ1n) is 13.8. The highest BCUT2D eigenvalue weighted by Gasteiger charge is 2.35. The lowest BCUT2D eigenvalue weighted by Gasteiger charge is -2.34. The number of carbonyl (C=O) groups is 2. The summed E-state index contributed by atoms with van der Waals surface area (Å²) in [5, 5.41) is 2.69. The minimum absolute atomic E-state index is 0.0284. The topological polar surface area (TPSA) is 96.0 Å². The van der Waals surface area contributed by atoms with Crippen LogP contribution in [-0.2, 0) is 32.6 Å². The van der Waals surface area contributed by atoms with Crippen molar-refractivity contribution in [3.8, 4) is 5.75 Å². The van der Waals surface area contributed by atoms with Gasteiger partial charge in [-0.05, 0) is 54.4 Å². The van der Waals surface area contributed by atoms with Gasteiger partial charge in [0.05, 0.1) is 17.2 Å². The summed E-state index contributed by atoms with van der Waals surface area (Å²) in [6.45, 7) is 1.63. The largest absolute Gasteiger partial charge is 0.492 e. The molecule has 0 spiro atoms. The second-order valence-corrected chi connectivity index (χ2v) is 12.5. The molecule has 0 fully saturated rings. The van der Waals surface area contributed by atoms with Gasteiger partial charge >= 0.3 is 0 Å². The van der Waals surface area contributed by atoms with Crippen LogP contribution in [0.1, 0.15) is 18.1 Å². The highest BCUT2D eigenvalue weighted by molar-refractivity contribution is 9.10.